The zero-order valence-corrected chi connectivity index (χ0v) is 11.6. The topological polar surface area (TPSA) is 55.1 Å². The second-order valence-corrected chi connectivity index (χ2v) is 6.42. The molecular weight excluding hydrogens is 267 g/mol. The minimum Gasteiger partial charge on any atom is -0.368 e. The molecule has 0 saturated heterocycles. The zero-order valence-electron chi connectivity index (χ0n) is 9.30. The summed E-state index contributed by atoms with van der Waals surface area (Å²) in [5.74, 6) is -0.406. The Labute approximate surface area is 109 Å². The van der Waals surface area contributed by atoms with Crippen LogP contribution in [-0.2, 0) is 4.79 Å². The average molecular weight is 281 g/mol. The number of carbonyl (C=O) groups excluding carboxylic acids is 1. The maximum Gasteiger partial charge on any atom is 0.237 e. The van der Waals surface area contributed by atoms with Crippen LogP contribution < -0.4 is 11.1 Å². The lowest BCUT2D eigenvalue weighted by Gasteiger charge is -2.26. The van der Waals surface area contributed by atoms with Crippen LogP contribution in [-0.4, -0.2) is 11.4 Å². The Morgan fingerprint density at radius 2 is 2.12 bits per heavy atom. The number of nitrogens with two attached hydrogens (primary N) is 1. The third kappa shape index (κ3) is 3.10. The summed E-state index contributed by atoms with van der Waals surface area (Å²) in [6.45, 7) is 5.37. The van der Waals surface area contributed by atoms with E-state index >= 15 is 0 Å². The Bertz CT molecular complexity index is 404. The minimum atomic E-state index is -0.781. The lowest BCUT2D eigenvalue weighted by Crippen LogP contribution is -2.51. The van der Waals surface area contributed by atoms with E-state index in [4.69, 9.17) is 28.9 Å². The summed E-state index contributed by atoms with van der Waals surface area (Å²) < 4.78 is 1.26. The van der Waals surface area contributed by atoms with Crippen molar-refractivity contribution >= 4 is 40.4 Å². The summed E-state index contributed by atoms with van der Waals surface area (Å²) in [6.07, 6.45) is 0. The summed E-state index contributed by atoms with van der Waals surface area (Å²) in [5, 5.41) is 3.12. The Balaban J connectivity index is 2.84. The first-order chi connectivity index (χ1) is 7.24. The molecule has 1 heterocycles. The second kappa shape index (κ2) is 4.92. The van der Waals surface area contributed by atoms with Gasteiger partial charge in [-0.15, -0.1) is 11.3 Å². The van der Waals surface area contributed by atoms with Crippen molar-refractivity contribution in [2.75, 3.05) is 0 Å². The maximum atomic E-state index is 11.2. The SMILES string of the molecule is CC(NC(C)(C)C(N)=O)c1cc(Cl)sc1Cl. The highest BCUT2D eigenvalue weighted by Gasteiger charge is 2.27. The van der Waals surface area contributed by atoms with Gasteiger partial charge in [-0.05, 0) is 32.4 Å². The first-order valence-electron chi connectivity index (χ1n) is 4.76. The molecule has 6 heteroatoms. The van der Waals surface area contributed by atoms with Gasteiger partial charge in [0, 0.05) is 6.04 Å². The summed E-state index contributed by atoms with van der Waals surface area (Å²) >= 11 is 13.2. The number of amides is 1. The Hall–Kier alpha value is -0.290. The Morgan fingerprint density at radius 3 is 2.50 bits per heavy atom. The van der Waals surface area contributed by atoms with E-state index in [9.17, 15) is 4.79 Å². The standard InChI is InChI=1S/C10H14Cl2N2OS/c1-5(14-10(2,3)9(13)15)6-4-7(11)16-8(6)12/h4-5,14H,1-3H3,(H2,13,15). The van der Waals surface area contributed by atoms with Crippen molar-refractivity contribution in [1.82, 2.24) is 5.32 Å². The number of hydrogen-bond acceptors (Lipinski definition) is 3. The molecule has 1 amide bonds. The average Bonchev–Trinajstić information content (AvgIpc) is 2.44. The van der Waals surface area contributed by atoms with Crippen LogP contribution in [0.5, 0.6) is 0 Å². The summed E-state index contributed by atoms with van der Waals surface area (Å²) in [6, 6.07) is 1.71. The number of primary amides is 1. The zero-order chi connectivity index (χ0) is 12.5. The van der Waals surface area contributed by atoms with Crippen molar-refractivity contribution in [3.05, 3.63) is 20.3 Å². The second-order valence-electron chi connectivity index (χ2n) is 4.13. The van der Waals surface area contributed by atoms with E-state index in [1.807, 2.05) is 6.92 Å². The molecule has 0 fully saturated rings. The molecule has 3 N–H and O–H groups in total. The van der Waals surface area contributed by atoms with Crippen molar-refractivity contribution in [3.63, 3.8) is 0 Å². The number of rotatable bonds is 4. The van der Waals surface area contributed by atoms with Crippen LogP contribution in [0.2, 0.25) is 8.67 Å². The first-order valence-corrected chi connectivity index (χ1v) is 6.33. The smallest absolute Gasteiger partial charge is 0.237 e. The molecule has 1 unspecified atom stereocenters. The van der Waals surface area contributed by atoms with Gasteiger partial charge in [-0.25, -0.2) is 0 Å². The molecule has 0 radical (unpaired) electrons. The van der Waals surface area contributed by atoms with Crippen LogP contribution in [0.15, 0.2) is 6.07 Å². The quantitative estimate of drug-likeness (QED) is 0.891. The monoisotopic (exact) mass is 280 g/mol. The van der Waals surface area contributed by atoms with Crippen LogP contribution in [0.4, 0.5) is 0 Å². The van der Waals surface area contributed by atoms with Crippen LogP contribution in [0, 0.1) is 0 Å². The van der Waals surface area contributed by atoms with Crippen LogP contribution in [0.3, 0.4) is 0 Å². The summed E-state index contributed by atoms with van der Waals surface area (Å²) in [5.41, 5.74) is 5.38. The van der Waals surface area contributed by atoms with Gasteiger partial charge < -0.3 is 5.73 Å². The van der Waals surface area contributed by atoms with Crippen molar-refractivity contribution < 1.29 is 4.79 Å². The maximum absolute atomic E-state index is 11.2. The molecule has 0 spiro atoms. The fraction of sp³-hybridized carbons (Fsp3) is 0.500. The molecule has 1 aromatic heterocycles. The third-order valence-corrected chi connectivity index (χ3v) is 3.86. The van der Waals surface area contributed by atoms with E-state index in [1.54, 1.807) is 19.9 Å². The molecule has 0 saturated carbocycles. The molecule has 1 atom stereocenters. The fourth-order valence-electron chi connectivity index (χ4n) is 1.34. The van der Waals surface area contributed by atoms with E-state index in [-0.39, 0.29) is 6.04 Å². The summed E-state index contributed by atoms with van der Waals surface area (Å²) in [7, 11) is 0. The Kier molecular flexibility index (Phi) is 4.23. The number of carbonyl (C=O) groups is 1. The minimum absolute atomic E-state index is 0.0845. The predicted octanol–water partition coefficient (Wildman–Crippen LogP) is 2.97. The lowest BCUT2D eigenvalue weighted by atomic mass is 10.0. The Morgan fingerprint density at radius 1 is 1.56 bits per heavy atom. The molecule has 0 bridgehead atoms. The van der Waals surface area contributed by atoms with Crippen molar-refractivity contribution in [2.24, 2.45) is 5.73 Å². The highest BCUT2D eigenvalue weighted by molar-refractivity contribution is 7.20. The van der Waals surface area contributed by atoms with Crippen molar-refractivity contribution in [2.45, 2.75) is 32.4 Å². The van der Waals surface area contributed by atoms with E-state index < -0.39 is 11.4 Å². The highest BCUT2D eigenvalue weighted by Crippen LogP contribution is 2.35. The summed E-state index contributed by atoms with van der Waals surface area (Å²) in [4.78, 5) is 11.2. The largest absolute Gasteiger partial charge is 0.368 e. The fourth-order valence-corrected chi connectivity index (χ4v) is 2.98. The van der Waals surface area contributed by atoms with Gasteiger partial charge in [0.1, 0.15) is 0 Å². The molecule has 0 aliphatic carbocycles. The predicted molar refractivity (Wildman–Crippen MR) is 69.2 cm³/mol. The van der Waals surface area contributed by atoms with E-state index in [2.05, 4.69) is 5.32 Å². The number of nitrogens with one attached hydrogen (secondary N) is 1. The molecule has 16 heavy (non-hydrogen) atoms. The van der Waals surface area contributed by atoms with Gasteiger partial charge >= 0.3 is 0 Å². The van der Waals surface area contributed by atoms with Gasteiger partial charge in [0.25, 0.3) is 0 Å². The van der Waals surface area contributed by atoms with Gasteiger partial charge in [0.15, 0.2) is 0 Å². The molecule has 1 rings (SSSR count). The highest BCUT2D eigenvalue weighted by atomic mass is 35.5. The van der Waals surface area contributed by atoms with E-state index in [1.165, 1.54) is 11.3 Å². The van der Waals surface area contributed by atoms with E-state index in [0.29, 0.717) is 8.67 Å². The lowest BCUT2D eigenvalue weighted by molar-refractivity contribution is -0.123. The first kappa shape index (κ1) is 13.8. The van der Waals surface area contributed by atoms with Crippen molar-refractivity contribution in [1.29, 1.82) is 0 Å². The molecule has 1 aromatic rings. The molecule has 0 aromatic carbocycles. The van der Waals surface area contributed by atoms with Crippen LogP contribution in [0.25, 0.3) is 0 Å². The molecule has 0 aliphatic heterocycles. The van der Waals surface area contributed by atoms with Gasteiger partial charge in [-0.2, -0.15) is 0 Å². The molecule has 90 valence electrons. The van der Waals surface area contributed by atoms with Gasteiger partial charge in [0.05, 0.1) is 14.2 Å². The van der Waals surface area contributed by atoms with Gasteiger partial charge in [-0.1, -0.05) is 23.2 Å². The number of hydrogen-bond donors (Lipinski definition) is 2. The normalized spacial score (nSPS) is 13.8. The van der Waals surface area contributed by atoms with E-state index in [0.717, 1.165) is 5.56 Å². The number of halogens is 2. The molecule has 0 aliphatic rings. The third-order valence-electron chi connectivity index (χ3n) is 2.34. The molecule has 3 nitrogen and oxygen atoms in total. The van der Waals surface area contributed by atoms with Crippen LogP contribution >= 0.6 is 34.5 Å². The van der Waals surface area contributed by atoms with Crippen LogP contribution in [0.1, 0.15) is 32.4 Å². The van der Waals surface area contributed by atoms with Crippen molar-refractivity contribution in [3.8, 4) is 0 Å². The van der Waals surface area contributed by atoms with Gasteiger partial charge in [-0.3, -0.25) is 10.1 Å². The van der Waals surface area contributed by atoms with Gasteiger partial charge in [0.2, 0.25) is 5.91 Å². The number of thiophene rings is 1. The molecular formula is C10H14Cl2N2OS.